The second kappa shape index (κ2) is 6.35. The summed E-state index contributed by atoms with van der Waals surface area (Å²) in [4.78, 5) is 16.0. The van der Waals surface area contributed by atoms with E-state index in [0.717, 1.165) is 0 Å². The Kier molecular flexibility index (Phi) is 4.75. The van der Waals surface area contributed by atoms with Crippen molar-refractivity contribution in [3.63, 3.8) is 0 Å². The number of halogens is 3. The molecule has 8 heteroatoms. The van der Waals surface area contributed by atoms with E-state index in [0.29, 0.717) is 5.82 Å². The molecule has 0 fully saturated rings. The fourth-order valence-corrected chi connectivity index (χ4v) is 1.73. The number of nitrogens with zero attached hydrogens (tertiary/aromatic N) is 1. The van der Waals surface area contributed by atoms with E-state index in [2.05, 4.69) is 15.6 Å². The third kappa shape index (κ3) is 4.03. The summed E-state index contributed by atoms with van der Waals surface area (Å²) in [5.74, 6) is 0.0744. The van der Waals surface area contributed by atoms with Crippen LogP contribution in [0.2, 0.25) is 0 Å². The van der Waals surface area contributed by atoms with Crippen LogP contribution >= 0.6 is 34.8 Å². The lowest BCUT2D eigenvalue weighted by atomic mass is 10.4. The maximum Gasteiger partial charge on any atom is 0.288 e. The molecule has 0 aliphatic carbocycles. The molecule has 0 radical (unpaired) electrons. The summed E-state index contributed by atoms with van der Waals surface area (Å²) in [6, 6.07) is 8.29. The molecule has 2 aromatic heterocycles. The van der Waals surface area contributed by atoms with E-state index in [1.165, 1.54) is 12.3 Å². The molecule has 0 saturated heterocycles. The molecule has 0 aliphatic rings. The zero-order valence-electron chi connectivity index (χ0n) is 10.0. The Labute approximate surface area is 130 Å². The minimum atomic E-state index is -1.76. The van der Waals surface area contributed by atoms with Gasteiger partial charge in [0.05, 0.1) is 6.26 Å². The lowest BCUT2D eigenvalue weighted by Crippen LogP contribution is -2.49. The van der Waals surface area contributed by atoms with Gasteiger partial charge >= 0.3 is 0 Å². The summed E-state index contributed by atoms with van der Waals surface area (Å²) in [7, 11) is 0. The summed E-state index contributed by atoms with van der Waals surface area (Å²) in [6.45, 7) is 0. The molecule has 0 aromatic carbocycles. The standard InChI is InChI=1S/C12H10Cl3N3O2/c13-12(14,15)11(17-9-5-1-2-6-16-9)18-10(19)8-4-3-7-20-8/h1-7,11H,(H,16,17)(H,18,19)/t11-/m0/s1. The highest BCUT2D eigenvalue weighted by Crippen LogP contribution is 2.30. The summed E-state index contributed by atoms with van der Waals surface area (Å²) in [5.41, 5.74) is 0. The van der Waals surface area contributed by atoms with Gasteiger partial charge in [0.2, 0.25) is 3.79 Å². The summed E-state index contributed by atoms with van der Waals surface area (Å²) < 4.78 is 3.21. The molecule has 0 bridgehead atoms. The molecule has 1 atom stereocenters. The van der Waals surface area contributed by atoms with Crippen molar-refractivity contribution in [3.05, 3.63) is 48.6 Å². The van der Waals surface area contributed by atoms with Crippen LogP contribution in [0.15, 0.2) is 47.2 Å². The van der Waals surface area contributed by atoms with Crippen LogP contribution < -0.4 is 10.6 Å². The number of amides is 1. The molecule has 2 aromatic rings. The number of hydrogen-bond acceptors (Lipinski definition) is 4. The second-order valence-corrected chi connectivity index (χ2v) is 6.15. The minimum absolute atomic E-state index is 0.118. The SMILES string of the molecule is O=C(N[C@H](Nc1ccccn1)C(Cl)(Cl)Cl)c1ccco1. The number of furan rings is 1. The topological polar surface area (TPSA) is 67.2 Å². The number of alkyl halides is 3. The summed E-state index contributed by atoms with van der Waals surface area (Å²) in [6.07, 6.45) is 1.98. The van der Waals surface area contributed by atoms with Crippen LogP contribution in [0.1, 0.15) is 10.6 Å². The molecule has 0 saturated carbocycles. The molecular weight excluding hydrogens is 325 g/mol. The van der Waals surface area contributed by atoms with Gasteiger partial charge in [-0.1, -0.05) is 40.9 Å². The van der Waals surface area contributed by atoms with Crippen molar-refractivity contribution in [2.45, 2.75) is 9.96 Å². The molecule has 5 nitrogen and oxygen atoms in total. The molecule has 1 amide bonds. The molecule has 0 spiro atoms. The fourth-order valence-electron chi connectivity index (χ4n) is 1.41. The molecule has 2 heterocycles. The number of nitrogens with one attached hydrogen (secondary N) is 2. The number of carbonyl (C=O) groups is 1. The van der Waals surface area contributed by atoms with Gasteiger partial charge in [-0.3, -0.25) is 4.79 Å². The lowest BCUT2D eigenvalue weighted by molar-refractivity contribution is 0.0914. The van der Waals surface area contributed by atoms with Crippen molar-refractivity contribution < 1.29 is 9.21 Å². The average molecular weight is 335 g/mol. The molecular formula is C12H10Cl3N3O2. The van der Waals surface area contributed by atoms with Crippen LogP contribution in [0.25, 0.3) is 0 Å². The van der Waals surface area contributed by atoms with Crippen molar-refractivity contribution in [2.24, 2.45) is 0 Å². The minimum Gasteiger partial charge on any atom is -0.459 e. The Hall–Kier alpha value is -1.43. The molecule has 2 N–H and O–H groups in total. The lowest BCUT2D eigenvalue weighted by Gasteiger charge is -2.26. The quantitative estimate of drug-likeness (QED) is 0.665. The Bertz CT molecular complexity index is 555. The largest absolute Gasteiger partial charge is 0.459 e. The van der Waals surface area contributed by atoms with Gasteiger partial charge in [0.25, 0.3) is 5.91 Å². The third-order valence-electron chi connectivity index (χ3n) is 2.30. The monoisotopic (exact) mass is 333 g/mol. The number of carbonyl (C=O) groups excluding carboxylic acids is 1. The Balaban J connectivity index is 2.11. The van der Waals surface area contributed by atoms with Crippen molar-refractivity contribution in [3.8, 4) is 0 Å². The molecule has 20 heavy (non-hydrogen) atoms. The van der Waals surface area contributed by atoms with E-state index in [4.69, 9.17) is 39.2 Å². The van der Waals surface area contributed by atoms with Crippen molar-refractivity contribution in [1.29, 1.82) is 0 Å². The van der Waals surface area contributed by atoms with E-state index in [1.807, 2.05) is 0 Å². The fraction of sp³-hybridized carbons (Fsp3) is 0.167. The van der Waals surface area contributed by atoms with Crippen LogP contribution in [0, 0.1) is 0 Å². The van der Waals surface area contributed by atoms with E-state index >= 15 is 0 Å². The number of aromatic nitrogens is 1. The zero-order chi connectivity index (χ0) is 14.6. The van der Waals surface area contributed by atoms with Crippen molar-refractivity contribution >= 4 is 46.5 Å². The van der Waals surface area contributed by atoms with Crippen molar-refractivity contribution in [2.75, 3.05) is 5.32 Å². The van der Waals surface area contributed by atoms with Gasteiger partial charge in [-0.15, -0.1) is 0 Å². The first-order chi connectivity index (χ1) is 9.47. The molecule has 106 valence electrons. The van der Waals surface area contributed by atoms with Crippen LogP contribution in [-0.2, 0) is 0 Å². The third-order valence-corrected chi connectivity index (χ3v) is 2.96. The van der Waals surface area contributed by atoms with Crippen LogP contribution in [0.5, 0.6) is 0 Å². The number of anilines is 1. The highest BCUT2D eigenvalue weighted by atomic mass is 35.6. The van der Waals surface area contributed by atoms with Gasteiger partial charge in [0.15, 0.2) is 5.76 Å². The Morgan fingerprint density at radius 1 is 1.25 bits per heavy atom. The smallest absolute Gasteiger partial charge is 0.288 e. The molecule has 0 unspecified atom stereocenters. The van der Waals surface area contributed by atoms with Crippen molar-refractivity contribution in [1.82, 2.24) is 10.3 Å². The first-order valence-corrected chi connectivity index (χ1v) is 6.69. The number of rotatable bonds is 4. The zero-order valence-corrected chi connectivity index (χ0v) is 12.3. The van der Waals surface area contributed by atoms with E-state index in [-0.39, 0.29) is 5.76 Å². The summed E-state index contributed by atoms with van der Waals surface area (Å²) >= 11 is 17.5. The highest BCUT2D eigenvalue weighted by molar-refractivity contribution is 6.68. The van der Waals surface area contributed by atoms with Gasteiger partial charge in [-0.05, 0) is 24.3 Å². The maximum absolute atomic E-state index is 11.9. The first-order valence-electron chi connectivity index (χ1n) is 5.55. The van der Waals surface area contributed by atoms with Crippen LogP contribution in [0.4, 0.5) is 5.82 Å². The normalized spacial score (nSPS) is 12.8. The van der Waals surface area contributed by atoms with Gasteiger partial charge in [0.1, 0.15) is 12.0 Å². The summed E-state index contributed by atoms with van der Waals surface area (Å²) in [5, 5.41) is 5.36. The Morgan fingerprint density at radius 3 is 2.60 bits per heavy atom. The first kappa shape index (κ1) is 15.0. The van der Waals surface area contributed by atoms with Gasteiger partial charge < -0.3 is 15.1 Å². The van der Waals surface area contributed by atoms with E-state index in [1.54, 1.807) is 30.5 Å². The van der Waals surface area contributed by atoms with Crippen LogP contribution in [0.3, 0.4) is 0 Å². The van der Waals surface area contributed by atoms with Gasteiger partial charge in [-0.2, -0.15) is 0 Å². The highest BCUT2D eigenvalue weighted by Gasteiger charge is 2.34. The second-order valence-electron chi connectivity index (χ2n) is 3.78. The van der Waals surface area contributed by atoms with E-state index < -0.39 is 15.9 Å². The molecule has 0 aliphatic heterocycles. The van der Waals surface area contributed by atoms with Crippen LogP contribution in [-0.4, -0.2) is 20.8 Å². The predicted octanol–water partition coefficient (Wildman–Crippen LogP) is 3.21. The number of pyridine rings is 1. The average Bonchev–Trinajstić information content (AvgIpc) is 2.92. The molecule has 2 rings (SSSR count). The van der Waals surface area contributed by atoms with E-state index in [9.17, 15) is 4.79 Å². The Morgan fingerprint density at radius 2 is 2.05 bits per heavy atom. The predicted molar refractivity (Wildman–Crippen MR) is 78.1 cm³/mol. The van der Waals surface area contributed by atoms with Gasteiger partial charge in [0, 0.05) is 6.20 Å². The number of hydrogen-bond donors (Lipinski definition) is 2. The van der Waals surface area contributed by atoms with Gasteiger partial charge in [-0.25, -0.2) is 4.98 Å². The maximum atomic E-state index is 11.9.